The van der Waals surface area contributed by atoms with Gasteiger partial charge in [0.2, 0.25) is 0 Å². The van der Waals surface area contributed by atoms with Crippen molar-refractivity contribution in [2.24, 2.45) is 0 Å². The van der Waals surface area contributed by atoms with Crippen LogP contribution in [0.15, 0.2) is 84.1 Å². The van der Waals surface area contributed by atoms with Crippen LogP contribution in [-0.4, -0.2) is 10.7 Å². The fourth-order valence-electron chi connectivity index (χ4n) is 4.71. The molecule has 3 aromatic carbocycles. The molecule has 0 spiro atoms. The van der Waals surface area contributed by atoms with E-state index >= 15 is 0 Å². The highest BCUT2D eigenvalue weighted by atomic mass is 16.6. The summed E-state index contributed by atoms with van der Waals surface area (Å²) in [5, 5.41) is 18.5. The molecule has 2 atom stereocenters. The van der Waals surface area contributed by atoms with Gasteiger partial charge in [0.15, 0.2) is 5.78 Å². The van der Waals surface area contributed by atoms with Gasteiger partial charge in [-0.25, -0.2) is 0 Å². The van der Waals surface area contributed by atoms with Crippen LogP contribution in [0.2, 0.25) is 0 Å². The largest absolute Gasteiger partial charge is 0.372 e. The molecule has 0 saturated heterocycles. The molecular formula is C26H23N3O3. The van der Waals surface area contributed by atoms with Crippen molar-refractivity contribution in [2.45, 2.75) is 31.7 Å². The number of nitro groups is 1. The average Bonchev–Trinajstić information content (AvgIpc) is 2.96. The molecule has 0 radical (unpaired) electrons. The summed E-state index contributed by atoms with van der Waals surface area (Å²) >= 11 is 0. The zero-order chi connectivity index (χ0) is 22.2. The van der Waals surface area contributed by atoms with E-state index in [1.165, 1.54) is 0 Å². The van der Waals surface area contributed by atoms with Crippen molar-refractivity contribution in [2.75, 3.05) is 10.6 Å². The first-order chi connectivity index (χ1) is 15.5. The third-order valence-corrected chi connectivity index (χ3v) is 6.34. The number of carbonyl (C=O) groups excluding carboxylic acids is 1. The van der Waals surface area contributed by atoms with Crippen LogP contribution in [0, 0.1) is 17.0 Å². The smallest absolute Gasteiger partial charge is 0.272 e. The maximum absolute atomic E-state index is 13.5. The predicted molar refractivity (Wildman–Crippen MR) is 125 cm³/mol. The molecule has 160 valence electrons. The molecule has 2 unspecified atom stereocenters. The monoisotopic (exact) mass is 425 g/mol. The summed E-state index contributed by atoms with van der Waals surface area (Å²) in [5.41, 5.74) is 5.79. The summed E-state index contributed by atoms with van der Waals surface area (Å²) in [4.78, 5) is 24.7. The summed E-state index contributed by atoms with van der Waals surface area (Å²) in [5.74, 6) is 0.148. The topological polar surface area (TPSA) is 84.3 Å². The number of allylic oxidation sites excluding steroid dienone is 1. The lowest BCUT2D eigenvalue weighted by Gasteiger charge is -2.30. The summed E-state index contributed by atoms with van der Waals surface area (Å²) in [6.45, 7) is 1.72. The zero-order valence-corrected chi connectivity index (χ0v) is 17.7. The second kappa shape index (κ2) is 7.96. The number of nitro benzene ring substituents is 1. The van der Waals surface area contributed by atoms with Gasteiger partial charge in [-0.2, -0.15) is 0 Å². The van der Waals surface area contributed by atoms with E-state index in [1.54, 1.807) is 19.1 Å². The van der Waals surface area contributed by atoms with E-state index in [-0.39, 0.29) is 22.3 Å². The van der Waals surface area contributed by atoms with E-state index in [2.05, 4.69) is 22.8 Å². The number of aryl methyl sites for hydroxylation is 1. The van der Waals surface area contributed by atoms with Gasteiger partial charge in [0.25, 0.3) is 5.69 Å². The Kier molecular flexibility index (Phi) is 4.98. The Labute approximate surface area is 186 Å². The zero-order valence-electron chi connectivity index (χ0n) is 17.7. The second-order valence-electron chi connectivity index (χ2n) is 8.38. The standard InChI is InChI=1S/C26H23N3O3/c1-16-11-12-18(14-23(16)29(31)32)26-25-22(27-20-9-5-6-10-21(20)28-26)13-19(15-24(25)30)17-7-3-2-4-8-17/h2-12,14,19,26-28H,13,15H2,1H3. The first-order valence-electron chi connectivity index (χ1n) is 10.7. The van der Waals surface area contributed by atoms with Crippen LogP contribution in [0.1, 0.15) is 41.5 Å². The van der Waals surface area contributed by atoms with E-state index in [9.17, 15) is 14.9 Å². The lowest BCUT2D eigenvalue weighted by atomic mass is 9.78. The Hall–Kier alpha value is -3.93. The highest BCUT2D eigenvalue weighted by Gasteiger charge is 2.36. The van der Waals surface area contributed by atoms with Crippen LogP contribution < -0.4 is 10.6 Å². The maximum Gasteiger partial charge on any atom is 0.272 e. The number of Topliss-reactive ketones (excluding diaryl/α,β-unsaturated/α-hetero) is 1. The normalized spacial score (nSPS) is 19.8. The number of nitrogens with one attached hydrogen (secondary N) is 2. The third kappa shape index (κ3) is 3.54. The molecule has 32 heavy (non-hydrogen) atoms. The van der Waals surface area contributed by atoms with Gasteiger partial charge in [-0.3, -0.25) is 14.9 Å². The van der Waals surface area contributed by atoms with Crippen LogP contribution in [0.3, 0.4) is 0 Å². The second-order valence-corrected chi connectivity index (χ2v) is 8.38. The number of para-hydroxylation sites is 2. The molecule has 1 aliphatic carbocycles. The number of rotatable bonds is 3. The minimum atomic E-state index is -0.468. The van der Waals surface area contributed by atoms with Crippen LogP contribution in [0.4, 0.5) is 17.1 Å². The highest BCUT2D eigenvalue weighted by molar-refractivity contribution is 6.01. The summed E-state index contributed by atoms with van der Waals surface area (Å²) in [6.07, 6.45) is 1.11. The van der Waals surface area contributed by atoms with Crippen LogP contribution >= 0.6 is 0 Å². The Balaban J connectivity index is 1.64. The molecule has 0 aromatic heterocycles. The van der Waals surface area contributed by atoms with Crippen molar-refractivity contribution in [3.05, 3.63) is 111 Å². The Bertz CT molecular complexity index is 1250. The van der Waals surface area contributed by atoms with E-state index in [0.29, 0.717) is 29.5 Å². The van der Waals surface area contributed by atoms with Crippen molar-refractivity contribution in [1.82, 2.24) is 0 Å². The predicted octanol–water partition coefficient (Wildman–Crippen LogP) is 5.88. The summed E-state index contributed by atoms with van der Waals surface area (Å²) < 4.78 is 0. The van der Waals surface area contributed by atoms with Crippen molar-refractivity contribution in [3.8, 4) is 0 Å². The number of fused-ring (bicyclic) bond motifs is 1. The number of benzene rings is 3. The van der Waals surface area contributed by atoms with Gasteiger partial charge >= 0.3 is 0 Å². The molecule has 0 fully saturated rings. The minimum absolute atomic E-state index is 0.0566. The molecule has 2 N–H and O–H groups in total. The van der Waals surface area contributed by atoms with Gasteiger partial charge in [-0.15, -0.1) is 0 Å². The molecule has 0 bridgehead atoms. The number of ketones is 1. The van der Waals surface area contributed by atoms with E-state index < -0.39 is 6.04 Å². The number of anilines is 2. The molecule has 6 nitrogen and oxygen atoms in total. The van der Waals surface area contributed by atoms with E-state index in [1.807, 2.05) is 48.5 Å². The van der Waals surface area contributed by atoms with Gasteiger partial charge < -0.3 is 10.6 Å². The SMILES string of the molecule is Cc1ccc(C2Nc3ccccc3NC3=C2C(=O)CC(c2ccccc2)C3)cc1[N+](=O)[O-]. The fourth-order valence-corrected chi connectivity index (χ4v) is 4.71. The Morgan fingerprint density at radius 3 is 2.38 bits per heavy atom. The molecule has 1 heterocycles. The Morgan fingerprint density at radius 2 is 1.62 bits per heavy atom. The van der Waals surface area contributed by atoms with Gasteiger partial charge in [-0.05, 0) is 42.5 Å². The first kappa shape index (κ1) is 20.0. The van der Waals surface area contributed by atoms with E-state index in [4.69, 9.17) is 0 Å². The van der Waals surface area contributed by atoms with Gasteiger partial charge in [-0.1, -0.05) is 54.6 Å². The third-order valence-electron chi connectivity index (χ3n) is 6.34. The van der Waals surface area contributed by atoms with Crippen molar-refractivity contribution >= 4 is 22.8 Å². The molecule has 0 saturated carbocycles. The lowest BCUT2D eigenvalue weighted by Crippen LogP contribution is -2.27. The highest BCUT2D eigenvalue weighted by Crippen LogP contribution is 2.44. The molecule has 6 heteroatoms. The molecule has 5 rings (SSSR count). The van der Waals surface area contributed by atoms with Gasteiger partial charge in [0.1, 0.15) is 0 Å². The average molecular weight is 425 g/mol. The fraction of sp³-hybridized carbons (Fsp3) is 0.192. The van der Waals surface area contributed by atoms with E-state index in [0.717, 1.165) is 22.6 Å². The molecule has 0 amide bonds. The van der Waals surface area contributed by atoms with Crippen molar-refractivity contribution < 1.29 is 9.72 Å². The van der Waals surface area contributed by atoms with Crippen LogP contribution in [-0.2, 0) is 4.79 Å². The van der Waals surface area contributed by atoms with Crippen LogP contribution in [0.5, 0.6) is 0 Å². The molecule has 2 aliphatic rings. The number of carbonyl (C=O) groups is 1. The van der Waals surface area contributed by atoms with Crippen molar-refractivity contribution in [3.63, 3.8) is 0 Å². The van der Waals surface area contributed by atoms with Gasteiger partial charge in [0, 0.05) is 29.3 Å². The Morgan fingerprint density at radius 1 is 0.906 bits per heavy atom. The van der Waals surface area contributed by atoms with Crippen LogP contribution in [0.25, 0.3) is 0 Å². The molecule has 3 aromatic rings. The lowest BCUT2D eigenvalue weighted by molar-refractivity contribution is -0.385. The van der Waals surface area contributed by atoms with Crippen molar-refractivity contribution in [1.29, 1.82) is 0 Å². The minimum Gasteiger partial charge on any atom is -0.372 e. The number of hydrogen-bond acceptors (Lipinski definition) is 5. The number of nitrogens with zero attached hydrogens (tertiary/aromatic N) is 1. The molecular weight excluding hydrogens is 402 g/mol. The first-order valence-corrected chi connectivity index (χ1v) is 10.7. The summed E-state index contributed by atoms with van der Waals surface area (Å²) in [6, 6.07) is 22.6. The summed E-state index contributed by atoms with van der Waals surface area (Å²) in [7, 11) is 0. The van der Waals surface area contributed by atoms with Gasteiger partial charge in [0.05, 0.1) is 22.3 Å². The maximum atomic E-state index is 13.5. The number of hydrogen-bond donors (Lipinski definition) is 2. The molecule has 1 aliphatic heterocycles. The quantitative estimate of drug-likeness (QED) is 0.404.